The van der Waals surface area contributed by atoms with Gasteiger partial charge in [0.25, 0.3) is 0 Å². The molecule has 0 fully saturated rings. The van der Waals surface area contributed by atoms with E-state index in [1.807, 2.05) is 6.07 Å². The van der Waals surface area contributed by atoms with Crippen LogP contribution in [0.5, 0.6) is 11.5 Å². The minimum Gasteiger partial charge on any atom is -0.504 e. The van der Waals surface area contributed by atoms with Crippen LogP contribution in [0, 0.1) is 0 Å². The van der Waals surface area contributed by atoms with Crippen molar-refractivity contribution in [3.63, 3.8) is 0 Å². The molecule has 12 heavy (non-hydrogen) atoms. The van der Waals surface area contributed by atoms with Crippen LogP contribution in [0.2, 0.25) is 0 Å². The summed E-state index contributed by atoms with van der Waals surface area (Å²) in [6.45, 7) is 0.840. The highest BCUT2D eigenvalue weighted by Crippen LogP contribution is 2.38. The number of anilines is 1. The monoisotopic (exact) mass is 231 g/mol. The first-order valence-electron chi connectivity index (χ1n) is 3.57. The molecule has 1 aromatic rings. The Morgan fingerprint density at radius 2 is 2.00 bits per heavy atom. The van der Waals surface area contributed by atoms with Gasteiger partial charge in [-0.25, -0.2) is 0 Å². The topological polar surface area (TPSA) is 52.5 Å². The zero-order valence-electron chi connectivity index (χ0n) is 6.37. The number of phenolic OH excluding ortho intramolecular Hbond substituents is 2. The Bertz CT molecular complexity index is 301. The van der Waals surface area contributed by atoms with Crippen LogP contribution >= 0.6 is 17.0 Å². The SMILES string of the molecule is Br.Oc1ccc2c(c1O)NCC2. The van der Waals surface area contributed by atoms with E-state index in [4.69, 9.17) is 5.11 Å². The van der Waals surface area contributed by atoms with Crippen LogP contribution in [0.15, 0.2) is 12.1 Å². The van der Waals surface area contributed by atoms with Gasteiger partial charge in [-0.3, -0.25) is 0 Å². The van der Waals surface area contributed by atoms with Gasteiger partial charge in [0, 0.05) is 6.54 Å². The molecule has 1 aliphatic heterocycles. The number of nitrogens with one attached hydrogen (secondary N) is 1. The summed E-state index contributed by atoms with van der Waals surface area (Å²) in [5.41, 5.74) is 1.75. The third kappa shape index (κ3) is 1.22. The molecule has 0 amide bonds. The smallest absolute Gasteiger partial charge is 0.181 e. The van der Waals surface area contributed by atoms with Crippen LogP contribution in [0.25, 0.3) is 0 Å². The Morgan fingerprint density at radius 1 is 1.25 bits per heavy atom. The predicted octanol–water partition coefficient (Wildman–Crippen LogP) is 1.64. The fourth-order valence-corrected chi connectivity index (χ4v) is 1.35. The van der Waals surface area contributed by atoms with Crippen molar-refractivity contribution in [3.05, 3.63) is 17.7 Å². The molecule has 1 aromatic carbocycles. The minimum atomic E-state index is -0.0573. The van der Waals surface area contributed by atoms with Gasteiger partial charge >= 0.3 is 0 Å². The average molecular weight is 232 g/mol. The van der Waals surface area contributed by atoms with E-state index in [2.05, 4.69) is 5.32 Å². The van der Waals surface area contributed by atoms with Crippen molar-refractivity contribution in [1.29, 1.82) is 0 Å². The summed E-state index contributed by atoms with van der Waals surface area (Å²) in [6.07, 6.45) is 0.920. The van der Waals surface area contributed by atoms with Crippen molar-refractivity contribution in [2.75, 3.05) is 11.9 Å². The zero-order valence-corrected chi connectivity index (χ0v) is 8.08. The molecule has 0 spiro atoms. The van der Waals surface area contributed by atoms with Crippen LogP contribution in [-0.2, 0) is 6.42 Å². The Hall–Kier alpha value is -0.900. The van der Waals surface area contributed by atoms with Gasteiger partial charge in [0.15, 0.2) is 11.5 Å². The van der Waals surface area contributed by atoms with Crippen LogP contribution in [0.4, 0.5) is 5.69 Å². The van der Waals surface area contributed by atoms with E-state index in [1.54, 1.807) is 0 Å². The number of halogens is 1. The van der Waals surface area contributed by atoms with E-state index in [0.717, 1.165) is 18.5 Å². The first-order chi connectivity index (χ1) is 5.29. The third-order valence-corrected chi connectivity index (χ3v) is 1.94. The van der Waals surface area contributed by atoms with E-state index in [-0.39, 0.29) is 28.5 Å². The summed E-state index contributed by atoms with van der Waals surface area (Å²) in [5.74, 6) is -0.0850. The molecule has 0 bridgehead atoms. The second-order valence-electron chi connectivity index (χ2n) is 2.64. The summed E-state index contributed by atoms with van der Waals surface area (Å²) >= 11 is 0. The van der Waals surface area contributed by atoms with Crippen LogP contribution in [-0.4, -0.2) is 16.8 Å². The van der Waals surface area contributed by atoms with Crippen LogP contribution < -0.4 is 5.32 Å². The Kier molecular flexibility index (Phi) is 2.47. The lowest BCUT2D eigenvalue weighted by molar-refractivity contribution is 0.405. The molecule has 1 heterocycles. The molecule has 0 saturated carbocycles. The first-order valence-corrected chi connectivity index (χ1v) is 3.57. The van der Waals surface area contributed by atoms with E-state index in [1.165, 1.54) is 6.07 Å². The van der Waals surface area contributed by atoms with Crippen molar-refractivity contribution < 1.29 is 10.2 Å². The lowest BCUT2D eigenvalue weighted by atomic mass is 10.1. The maximum Gasteiger partial charge on any atom is 0.181 e. The highest BCUT2D eigenvalue weighted by Gasteiger charge is 2.15. The van der Waals surface area contributed by atoms with E-state index in [0.29, 0.717) is 5.69 Å². The molecular weight excluding hydrogens is 222 g/mol. The molecule has 0 saturated heterocycles. The maximum atomic E-state index is 9.31. The van der Waals surface area contributed by atoms with E-state index >= 15 is 0 Å². The predicted molar refractivity (Wildman–Crippen MR) is 52.3 cm³/mol. The average Bonchev–Trinajstić information content (AvgIpc) is 2.45. The van der Waals surface area contributed by atoms with E-state index < -0.39 is 0 Å². The highest BCUT2D eigenvalue weighted by molar-refractivity contribution is 8.93. The lowest BCUT2D eigenvalue weighted by Crippen LogP contribution is -1.91. The van der Waals surface area contributed by atoms with Gasteiger partial charge in [0.1, 0.15) is 0 Å². The van der Waals surface area contributed by atoms with Crippen molar-refractivity contribution in [2.45, 2.75) is 6.42 Å². The quantitative estimate of drug-likeness (QED) is 0.596. The van der Waals surface area contributed by atoms with Crippen LogP contribution in [0.1, 0.15) is 5.56 Å². The van der Waals surface area contributed by atoms with Gasteiger partial charge in [-0.15, -0.1) is 17.0 Å². The molecule has 0 unspecified atom stereocenters. The second kappa shape index (κ2) is 3.23. The highest BCUT2D eigenvalue weighted by atomic mass is 79.9. The number of aromatic hydroxyl groups is 2. The van der Waals surface area contributed by atoms with Crippen molar-refractivity contribution >= 4 is 22.7 Å². The summed E-state index contributed by atoms with van der Waals surface area (Å²) in [4.78, 5) is 0. The summed E-state index contributed by atoms with van der Waals surface area (Å²) in [6, 6.07) is 3.34. The molecule has 0 aromatic heterocycles. The van der Waals surface area contributed by atoms with Gasteiger partial charge in [0.2, 0.25) is 0 Å². The Balaban J connectivity index is 0.000000720. The number of fused-ring (bicyclic) bond motifs is 1. The zero-order chi connectivity index (χ0) is 7.84. The van der Waals surface area contributed by atoms with Crippen molar-refractivity contribution in [3.8, 4) is 11.5 Å². The molecule has 2 rings (SSSR count). The van der Waals surface area contributed by atoms with Crippen LogP contribution in [0.3, 0.4) is 0 Å². The second-order valence-corrected chi connectivity index (χ2v) is 2.64. The number of hydrogen-bond donors (Lipinski definition) is 3. The summed E-state index contributed by atoms with van der Waals surface area (Å²) < 4.78 is 0. The Labute approximate surface area is 80.8 Å². The fourth-order valence-electron chi connectivity index (χ4n) is 1.35. The fraction of sp³-hybridized carbons (Fsp3) is 0.250. The number of phenols is 2. The van der Waals surface area contributed by atoms with E-state index in [9.17, 15) is 5.11 Å². The molecule has 0 atom stereocenters. The molecular formula is C8H10BrNO2. The minimum absolute atomic E-state index is 0. The normalized spacial score (nSPS) is 13.0. The molecule has 3 nitrogen and oxygen atoms in total. The van der Waals surface area contributed by atoms with Crippen molar-refractivity contribution in [1.82, 2.24) is 0 Å². The van der Waals surface area contributed by atoms with Gasteiger partial charge in [0.05, 0.1) is 5.69 Å². The molecule has 0 radical (unpaired) electrons. The molecule has 1 aliphatic rings. The maximum absolute atomic E-state index is 9.31. The van der Waals surface area contributed by atoms with Gasteiger partial charge in [-0.05, 0) is 18.1 Å². The molecule has 0 aliphatic carbocycles. The molecule has 66 valence electrons. The van der Waals surface area contributed by atoms with Gasteiger partial charge < -0.3 is 15.5 Å². The molecule has 4 heteroatoms. The van der Waals surface area contributed by atoms with Gasteiger partial charge in [-0.2, -0.15) is 0 Å². The Morgan fingerprint density at radius 3 is 2.75 bits per heavy atom. The first kappa shape index (κ1) is 9.19. The standard InChI is InChI=1S/C8H9NO2.BrH/c10-6-2-1-5-3-4-9-7(5)8(6)11;/h1-2,9-11H,3-4H2;1H. The number of benzene rings is 1. The lowest BCUT2D eigenvalue weighted by Gasteiger charge is -2.03. The number of rotatable bonds is 0. The molecule has 3 N–H and O–H groups in total. The summed E-state index contributed by atoms with van der Waals surface area (Å²) in [5, 5.41) is 21.4. The van der Waals surface area contributed by atoms with Gasteiger partial charge in [-0.1, -0.05) is 6.07 Å². The third-order valence-electron chi connectivity index (χ3n) is 1.94. The summed E-state index contributed by atoms with van der Waals surface area (Å²) in [7, 11) is 0. The van der Waals surface area contributed by atoms with Crippen molar-refractivity contribution in [2.24, 2.45) is 0 Å². The largest absolute Gasteiger partial charge is 0.504 e. The number of hydrogen-bond acceptors (Lipinski definition) is 3.